The van der Waals surface area contributed by atoms with Gasteiger partial charge in [-0.1, -0.05) is 24.3 Å². The normalized spacial score (nSPS) is 12.4. The van der Waals surface area contributed by atoms with Crippen molar-refractivity contribution in [2.24, 2.45) is 0 Å². The molecule has 4 rings (SSSR count). The highest BCUT2D eigenvalue weighted by Gasteiger charge is 2.20. The van der Waals surface area contributed by atoms with Gasteiger partial charge in [0.25, 0.3) is 11.5 Å². The quantitative estimate of drug-likeness (QED) is 0.513. The maximum Gasteiger partial charge on any atom is 0.259 e. The van der Waals surface area contributed by atoms with Crippen LogP contribution in [0.3, 0.4) is 0 Å². The number of hydrogen-bond donors (Lipinski definition) is 2. The molecular weight excluding hydrogens is 382 g/mol. The number of carbonyl (C=O) groups excluding carboxylic acids is 1. The largest absolute Gasteiger partial charge is 0.497 e. The number of nitrogens with zero attached hydrogens (tertiary/aromatic N) is 3. The zero-order valence-electron chi connectivity index (χ0n) is 17.0. The maximum atomic E-state index is 12.9. The lowest BCUT2D eigenvalue weighted by molar-refractivity contribution is 0.0943. The molecule has 8 nitrogen and oxygen atoms in total. The number of nitrogens with one attached hydrogen (secondary N) is 2. The Morgan fingerprint density at radius 1 is 1.23 bits per heavy atom. The molecular formula is C22H23N5O3. The molecule has 0 aliphatic heterocycles. The second kappa shape index (κ2) is 8.00. The van der Waals surface area contributed by atoms with Crippen LogP contribution in [-0.2, 0) is 0 Å². The van der Waals surface area contributed by atoms with Gasteiger partial charge in [-0.2, -0.15) is 5.10 Å². The van der Waals surface area contributed by atoms with Crippen molar-refractivity contribution in [3.63, 3.8) is 0 Å². The van der Waals surface area contributed by atoms with E-state index in [0.717, 1.165) is 11.3 Å². The van der Waals surface area contributed by atoms with Gasteiger partial charge in [0.1, 0.15) is 17.0 Å². The second-order valence-electron chi connectivity index (χ2n) is 7.26. The molecule has 0 fully saturated rings. The van der Waals surface area contributed by atoms with Crippen LogP contribution in [0.2, 0.25) is 0 Å². The third kappa shape index (κ3) is 3.53. The van der Waals surface area contributed by atoms with Crippen molar-refractivity contribution in [1.29, 1.82) is 0 Å². The Labute approximate surface area is 173 Å². The molecule has 0 spiro atoms. The number of amides is 1. The number of aromatic nitrogens is 3. The second-order valence-corrected chi connectivity index (χ2v) is 7.26. The molecule has 2 aromatic heterocycles. The zero-order valence-corrected chi connectivity index (χ0v) is 17.0. The number of H-pyrrole nitrogens is 1. The highest BCUT2D eigenvalue weighted by Crippen LogP contribution is 2.22. The number of para-hydroxylation sites is 1. The monoisotopic (exact) mass is 405 g/mol. The van der Waals surface area contributed by atoms with Crippen LogP contribution in [0, 0.1) is 0 Å². The van der Waals surface area contributed by atoms with E-state index in [9.17, 15) is 9.59 Å². The molecule has 2 N–H and O–H groups in total. The van der Waals surface area contributed by atoms with Crippen molar-refractivity contribution in [1.82, 2.24) is 24.8 Å². The Morgan fingerprint density at radius 3 is 2.80 bits per heavy atom. The van der Waals surface area contributed by atoms with Gasteiger partial charge in [-0.15, -0.1) is 0 Å². The summed E-state index contributed by atoms with van der Waals surface area (Å²) in [6.45, 7) is 0.383. The Kier molecular flexibility index (Phi) is 5.24. The molecule has 30 heavy (non-hydrogen) atoms. The Morgan fingerprint density at radius 2 is 2.03 bits per heavy atom. The van der Waals surface area contributed by atoms with Crippen LogP contribution in [0.15, 0.2) is 59.5 Å². The summed E-state index contributed by atoms with van der Waals surface area (Å²) in [5.41, 5.74) is 2.12. The molecule has 1 unspecified atom stereocenters. The number of likely N-dealkylation sites (N-methyl/N-ethyl adjacent to an activating group) is 1. The third-order valence-corrected chi connectivity index (χ3v) is 5.18. The fraction of sp³-hybridized carbons (Fsp3) is 0.227. The molecule has 2 aromatic carbocycles. The average Bonchev–Trinajstić information content (AvgIpc) is 3.18. The molecule has 4 aromatic rings. The van der Waals surface area contributed by atoms with Crippen LogP contribution >= 0.6 is 0 Å². The van der Waals surface area contributed by atoms with Crippen molar-refractivity contribution in [2.45, 2.75) is 6.04 Å². The van der Waals surface area contributed by atoms with Crippen molar-refractivity contribution in [3.8, 4) is 5.75 Å². The van der Waals surface area contributed by atoms with Gasteiger partial charge in [0.2, 0.25) is 0 Å². The summed E-state index contributed by atoms with van der Waals surface area (Å²) < 4.78 is 6.89. The first kappa shape index (κ1) is 19.7. The van der Waals surface area contributed by atoms with Crippen LogP contribution in [0.25, 0.3) is 16.6 Å². The van der Waals surface area contributed by atoms with E-state index in [1.165, 1.54) is 6.20 Å². The molecule has 0 aliphatic rings. The molecule has 0 aliphatic carbocycles. The van der Waals surface area contributed by atoms with Crippen molar-refractivity contribution in [2.75, 3.05) is 27.7 Å². The van der Waals surface area contributed by atoms with Gasteiger partial charge in [0, 0.05) is 6.54 Å². The van der Waals surface area contributed by atoms with Gasteiger partial charge in [-0.25, -0.2) is 4.52 Å². The van der Waals surface area contributed by atoms with E-state index in [1.807, 2.05) is 49.3 Å². The average molecular weight is 405 g/mol. The molecule has 8 heteroatoms. The smallest absolute Gasteiger partial charge is 0.259 e. The van der Waals surface area contributed by atoms with Crippen LogP contribution in [0.5, 0.6) is 5.75 Å². The minimum Gasteiger partial charge on any atom is -0.497 e. The number of carbonyl (C=O) groups is 1. The van der Waals surface area contributed by atoms with Gasteiger partial charge in [-0.05, 0) is 43.9 Å². The minimum absolute atomic E-state index is 0.0502. The van der Waals surface area contributed by atoms with Gasteiger partial charge >= 0.3 is 0 Å². The minimum atomic E-state index is -0.300. The standard InChI is InChI=1S/C22H23N5O3/c1-26(2)19(14-7-6-8-15(11-14)30-3)13-23-21(28)17-12-24-27-18-10-5-4-9-16(18)22(29)25-20(17)27/h4-12,19H,13H2,1-3H3,(H,23,28)(H,25,29). The Hall–Kier alpha value is -3.65. The number of benzene rings is 2. The molecule has 154 valence electrons. The zero-order chi connectivity index (χ0) is 21.3. The Bertz CT molecular complexity index is 1270. The first-order chi connectivity index (χ1) is 14.5. The van der Waals surface area contributed by atoms with E-state index in [2.05, 4.69) is 15.4 Å². The van der Waals surface area contributed by atoms with Crippen LogP contribution in [0.4, 0.5) is 0 Å². The van der Waals surface area contributed by atoms with Gasteiger partial charge in [-0.3, -0.25) is 9.59 Å². The molecule has 1 atom stereocenters. The molecule has 0 saturated carbocycles. The summed E-state index contributed by atoms with van der Waals surface area (Å²) in [5, 5.41) is 7.80. The van der Waals surface area contributed by atoms with E-state index < -0.39 is 0 Å². The first-order valence-electron chi connectivity index (χ1n) is 9.57. The number of rotatable bonds is 6. The number of fused-ring (bicyclic) bond motifs is 3. The SMILES string of the molecule is COc1cccc(C(CNC(=O)c2cnn3c2[nH]c(=O)c2ccccc23)N(C)C)c1. The summed E-state index contributed by atoms with van der Waals surface area (Å²) in [5.74, 6) is 0.462. The highest BCUT2D eigenvalue weighted by molar-refractivity contribution is 6.00. The molecule has 0 radical (unpaired) electrons. The maximum absolute atomic E-state index is 12.9. The van der Waals surface area contributed by atoms with E-state index in [1.54, 1.807) is 29.8 Å². The molecule has 0 saturated heterocycles. The summed E-state index contributed by atoms with van der Waals surface area (Å²) in [6.07, 6.45) is 1.48. The molecule has 2 heterocycles. The predicted octanol–water partition coefficient (Wildman–Crippen LogP) is 2.22. The van der Waals surface area contributed by atoms with Crippen molar-refractivity contribution < 1.29 is 9.53 Å². The topological polar surface area (TPSA) is 91.7 Å². The lowest BCUT2D eigenvalue weighted by Gasteiger charge is -2.25. The lowest BCUT2D eigenvalue weighted by Crippen LogP contribution is -2.34. The molecule has 1 amide bonds. The third-order valence-electron chi connectivity index (χ3n) is 5.18. The van der Waals surface area contributed by atoms with Crippen molar-refractivity contribution >= 4 is 22.5 Å². The van der Waals surface area contributed by atoms with Gasteiger partial charge in [0.05, 0.1) is 30.3 Å². The van der Waals surface area contributed by atoms with E-state index in [0.29, 0.717) is 28.7 Å². The number of ether oxygens (including phenoxy) is 1. The highest BCUT2D eigenvalue weighted by atomic mass is 16.5. The number of methoxy groups -OCH3 is 1. The predicted molar refractivity (Wildman–Crippen MR) is 115 cm³/mol. The first-order valence-corrected chi connectivity index (χ1v) is 9.57. The van der Waals surface area contributed by atoms with Crippen LogP contribution in [0.1, 0.15) is 22.0 Å². The number of aromatic amines is 1. The summed E-state index contributed by atoms with van der Waals surface area (Å²) in [4.78, 5) is 30.1. The Balaban J connectivity index is 1.62. The van der Waals surface area contributed by atoms with Crippen LogP contribution in [-0.4, -0.2) is 53.2 Å². The fourth-order valence-corrected chi connectivity index (χ4v) is 3.57. The lowest BCUT2D eigenvalue weighted by atomic mass is 10.1. The fourth-order valence-electron chi connectivity index (χ4n) is 3.57. The molecule has 0 bridgehead atoms. The number of hydrogen-bond acceptors (Lipinski definition) is 5. The van der Waals surface area contributed by atoms with Crippen molar-refractivity contribution in [3.05, 3.63) is 76.2 Å². The van der Waals surface area contributed by atoms with E-state index in [-0.39, 0.29) is 17.5 Å². The summed E-state index contributed by atoms with van der Waals surface area (Å²) in [7, 11) is 5.53. The van der Waals surface area contributed by atoms with E-state index >= 15 is 0 Å². The summed E-state index contributed by atoms with van der Waals surface area (Å²) >= 11 is 0. The van der Waals surface area contributed by atoms with Gasteiger partial charge < -0.3 is 19.9 Å². The van der Waals surface area contributed by atoms with Crippen LogP contribution < -0.4 is 15.6 Å². The van der Waals surface area contributed by atoms with E-state index in [4.69, 9.17) is 4.74 Å². The van der Waals surface area contributed by atoms with Gasteiger partial charge in [0.15, 0.2) is 0 Å². The summed E-state index contributed by atoms with van der Waals surface area (Å²) in [6, 6.07) is 14.9.